The SMILES string of the molecule is CC(C)OCc1ccc(C(=O)OCC(=O)NCC(N)=O)cc1. The topological polar surface area (TPSA) is 108 Å². The van der Waals surface area contributed by atoms with E-state index in [9.17, 15) is 14.4 Å². The molecular formula is C15H20N2O5. The molecule has 0 unspecified atom stereocenters. The van der Waals surface area contributed by atoms with Crippen molar-refractivity contribution in [1.82, 2.24) is 5.32 Å². The van der Waals surface area contributed by atoms with E-state index in [4.69, 9.17) is 15.2 Å². The normalized spacial score (nSPS) is 10.3. The van der Waals surface area contributed by atoms with Crippen LogP contribution in [-0.2, 0) is 25.7 Å². The second-order valence-electron chi connectivity index (χ2n) is 4.88. The highest BCUT2D eigenvalue weighted by Gasteiger charge is 2.10. The summed E-state index contributed by atoms with van der Waals surface area (Å²) in [4.78, 5) is 33.5. The number of carbonyl (C=O) groups excluding carboxylic acids is 3. The first-order valence-electron chi connectivity index (χ1n) is 6.81. The van der Waals surface area contributed by atoms with Crippen molar-refractivity contribution in [1.29, 1.82) is 0 Å². The van der Waals surface area contributed by atoms with Gasteiger partial charge in [-0.05, 0) is 31.5 Å². The molecule has 0 aliphatic rings. The lowest BCUT2D eigenvalue weighted by Crippen LogP contribution is -2.35. The predicted octanol–water partition coefficient (Wildman–Crippen LogP) is 0.370. The average molecular weight is 308 g/mol. The van der Waals surface area contributed by atoms with Crippen molar-refractivity contribution in [3.63, 3.8) is 0 Å². The average Bonchev–Trinajstić information content (AvgIpc) is 2.49. The Bertz CT molecular complexity index is 525. The summed E-state index contributed by atoms with van der Waals surface area (Å²) in [6.45, 7) is 3.58. The molecule has 3 N–H and O–H groups in total. The molecule has 0 spiro atoms. The van der Waals surface area contributed by atoms with Gasteiger partial charge in [0.15, 0.2) is 6.61 Å². The molecule has 7 nitrogen and oxygen atoms in total. The Labute approximate surface area is 128 Å². The van der Waals surface area contributed by atoms with Crippen molar-refractivity contribution < 1.29 is 23.9 Å². The van der Waals surface area contributed by atoms with Crippen molar-refractivity contribution in [3.05, 3.63) is 35.4 Å². The van der Waals surface area contributed by atoms with Gasteiger partial charge in [0.25, 0.3) is 5.91 Å². The Kier molecular flexibility index (Phi) is 7.04. The summed E-state index contributed by atoms with van der Waals surface area (Å²) in [5, 5.41) is 2.22. The van der Waals surface area contributed by atoms with Crippen LogP contribution in [-0.4, -0.2) is 37.0 Å². The molecule has 0 bridgehead atoms. The summed E-state index contributed by atoms with van der Waals surface area (Å²) in [6, 6.07) is 6.71. The fourth-order valence-electron chi connectivity index (χ4n) is 1.45. The molecule has 0 aromatic heterocycles. The highest BCUT2D eigenvalue weighted by atomic mass is 16.5. The van der Waals surface area contributed by atoms with Crippen LogP contribution in [0.25, 0.3) is 0 Å². The maximum atomic E-state index is 11.7. The van der Waals surface area contributed by atoms with Crippen molar-refractivity contribution in [2.75, 3.05) is 13.2 Å². The molecule has 0 saturated carbocycles. The summed E-state index contributed by atoms with van der Waals surface area (Å²) in [5.41, 5.74) is 6.14. The molecule has 1 aromatic rings. The Hall–Kier alpha value is -2.41. The number of ether oxygens (including phenoxy) is 2. The second-order valence-corrected chi connectivity index (χ2v) is 4.88. The van der Waals surface area contributed by atoms with Gasteiger partial charge >= 0.3 is 5.97 Å². The number of nitrogens with one attached hydrogen (secondary N) is 1. The highest BCUT2D eigenvalue weighted by molar-refractivity contribution is 5.91. The van der Waals surface area contributed by atoms with Gasteiger partial charge in [-0.25, -0.2) is 4.79 Å². The van der Waals surface area contributed by atoms with E-state index in [1.807, 2.05) is 13.8 Å². The largest absolute Gasteiger partial charge is 0.452 e. The summed E-state index contributed by atoms with van der Waals surface area (Å²) >= 11 is 0. The van der Waals surface area contributed by atoms with Crippen LogP contribution in [0.4, 0.5) is 0 Å². The zero-order valence-electron chi connectivity index (χ0n) is 12.6. The zero-order valence-corrected chi connectivity index (χ0v) is 12.6. The van der Waals surface area contributed by atoms with Crippen LogP contribution in [0.1, 0.15) is 29.8 Å². The number of primary amides is 1. The molecule has 22 heavy (non-hydrogen) atoms. The van der Waals surface area contributed by atoms with E-state index in [0.717, 1.165) is 5.56 Å². The van der Waals surface area contributed by atoms with Crippen molar-refractivity contribution in [3.8, 4) is 0 Å². The van der Waals surface area contributed by atoms with Crippen molar-refractivity contribution in [2.24, 2.45) is 5.73 Å². The number of nitrogens with two attached hydrogens (primary N) is 1. The number of rotatable bonds is 8. The summed E-state index contributed by atoms with van der Waals surface area (Å²) in [7, 11) is 0. The molecule has 0 fully saturated rings. The van der Waals surface area contributed by atoms with Gasteiger partial charge in [0.2, 0.25) is 5.91 Å². The van der Waals surface area contributed by atoms with Crippen molar-refractivity contribution >= 4 is 17.8 Å². The number of esters is 1. The van der Waals surface area contributed by atoms with Gasteiger partial charge in [0, 0.05) is 0 Å². The fourth-order valence-corrected chi connectivity index (χ4v) is 1.45. The molecule has 0 heterocycles. The zero-order chi connectivity index (χ0) is 16.5. The summed E-state index contributed by atoms with van der Waals surface area (Å²) in [5.74, 6) is -1.88. The van der Waals surface area contributed by atoms with Crippen LogP contribution >= 0.6 is 0 Å². The number of hydrogen-bond donors (Lipinski definition) is 2. The van der Waals surface area contributed by atoms with E-state index in [0.29, 0.717) is 12.2 Å². The van der Waals surface area contributed by atoms with Gasteiger partial charge in [0.05, 0.1) is 24.8 Å². The molecule has 1 aromatic carbocycles. The standard InChI is InChI=1S/C15H20N2O5/c1-10(2)21-8-11-3-5-12(6-4-11)15(20)22-9-14(19)17-7-13(16)18/h3-6,10H,7-9H2,1-2H3,(H2,16,18)(H,17,19). The summed E-state index contributed by atoms with van der Waals surface area (Å²) < 4.78 is 10.3. The van der Waals surface area contributed by atoms with Crippen LogP contribution in [0, 0.1) is 0 Å². The van der Waals surface area contributed by atoms with Crippen LogP contribution in [0.3, 0.4) is 0 Å². The van der Waals surface area contributed by atoms with Crippen LogP contribution in [0.2, 0.25) is 0 Å². The lowest BCUT2D eigenvalue weighted by molar-refractivity contribution is -0.127. The molecular weight excluding hydrogens is 288 g/mol. The Morgan fingerprint density at radius 1 is 1.18 bits per heavy atom. The van der Waals surface area contributed by atoms with Gasteiger partial charge < -0.3 is 20.5 Å². The third kappa shape index (κ3) is 6.85. The molecule has 0 aliphatic heterocycles. The molecule has 7 heteroatoms. The van der Waals surface area contributed by atoms with E-state index >= 15 is 0 Å². The fraction of sp³-hybridized carbons (Fsp3) is 0.400. The van der Waals surface area contributed by atoms with E-state index in [1.54, 1.807) is 24.3 Å². The Balaban J connectivity index is 2.42. The van der Waals surface area contributed by atoms with Gasteiger partial charge in [0.1, 0.15) is 0 Å². The highest BCUT2D eigenvalue weighted by Crippen LogP contribution is 2.08. The van der Waals surface area contributed by atoms with Gasteiger partial charge in [-0.1, -0.05) is 12.1 Å². The number of hydrogen-bond acceptors (Lipinski definition) is 5. The molecule has 1 rings (SSSR count). The molecule has 0 atom stereocenters. The molecule has 0 radical (unpaired) electrons. The maximum Gasteiger partial charge on any atom is 0.338 e. The van der Waals surface area contributed by atoms with E-state index < -0.39 is 24.4 Å². The smallest absolute Gasteiger partial charge is 0.338 e. The minimum atomic E-state index is -0.668. The first kappa shape index (κ1) is 17.6. The molecule has 120 valence electrons. The van der Waals surface area contributed by atoms with Crippen molar-refractivity contribution in [2.45, 2.75) is 26.6 Å². The predicted molar refractivity (Wildman–Crippen MR) is 78.9 cm³/mol. The quantitative estimate of drug-likeness (QED) is 0.675. The van der Waals surface area contributed by atoms with Crippen LogP contribution in [0.5, 0.6) is 0 Å². The molecule has 0 saturated heterocycles. The van der Waals surface area contributed by atoms with Gasteiger partial charge in [-0.15, -0.1) is 0 Å². The molecule has 2 amide bonds. The minimum Gasteiger partial charge on any atom is -0.452 e. The monoisotopic (exact) mass is 308 g/mol. The summed E-state index contributed by atoms with van der Waals surface area (Å²) in [6.07, 6.45) is 0.128. The third-order valence-electron chi connectivity index (χ3n) is 2.57. The Morgan fingerprint density at radius 3 is 2.36 bits per heavy atom. The Morgan fingerprint density at radius 2 is 1.82 bits per heavy atom. The van der Waals surface area contributed by atoms with E-state index in [1.165, 1.54) is 0 Å². The lowest BCUT2D eigenvalue weighted by Gasteiger charge is -2.08. The third-order valence-corrected chi connectivity index (χ3v) is 2.57. The number of amides is 2. The van der Waals surface area contributed by atoms with Gasteiger partial charge in [-0.2, -0.15) is 0 Å². The first-order chi connectivity index (χ1) is 10.4. The second kappa shape index (κ2) is 8.78. The number of benzene rings is 1. The van der Waals surface area contributed by atoms with Crippen LogP contribution in [0.15, 0.2) is 24.3 Å². The number of carbonyl (C=O) groups is 3. The minimum absolute atomic E-state index is 0.128. The van der Waals surface area contributed by atoms with E-state index in [-0.39, 0.29) is 12.6 Å². The van der Waals surface area contributed by atoms with E-state index in [2.05, 4.69) is 5.32 Å². The maximum absolute atomic E-state index is 11.7. The first-order valence-corrected chi connectivity index (χ1v) is 6.81. The lowest BCUT2D eigenvalue weighted by atomic mass is 10.1. The van der Waals surface area contributed by atoms with Crippen LogP contribution < -0.4 is 11.1 Å². The molecule has 0 aliphatic carbocycles. The van der Waals surface area contributed by atoms with Gasteiger partial charge in [-0.3, -0.25) is 9.59 Å².